The Kier molecular flexibility index (Phi) is 2.83. The molecule has 0 spiro atoms. The van der Waals surface area contributed by atoms with E-state index in [0.29, 0.717) is 24.8 Å². The molecule has 15 heavy (non-hydrogen) atoms. The van der Waals surface area contributed by atoms with E-state index >= 15 is 0 Å². The van der Waals surface area contributed by atoms with Crippen molar-refractivity contribution >= 4 is 0 Å². The minimum atomic E-state index is -0.0594. The van der Waals surface area contributed by atoms with Gasteiger partial charge >= 0.3 is 0 Å². The smallest absolute Gasteiger partial charge is 0.256 e. The van der Waals surface area contributed by atoms with E-state index in [1.54, 1.807) is 0 Å². The van der Waals surface area contributed by atoms with Gasteiger partial charge in [0, 0.05) is 12.5 Å². The van der Waals surface area contributed by atoms with Crippen LogP contribution < -0.4 is 10.9 Å². The lowest BCUT2D eigenvalue weighted by Crippen LogP contribution is -2.27. The lowest BCUT2D eigenvalue weighted by Gasteiger charge is -2.09. The van der Waals surface area contributed by atoms with Crippen LogP contribution in [0.25, 0.3) is 0 Å². The molecule has 1 aliphatic heterocycles. The van der Waals surface area contributed by atoms with E-state index in [1.165, 1.54) is 0 Å². The van der Waals surface area contributed by atoms with Crippen molar-refractivity contribution in [1.82, 2.24) is 15.3 Å². The van der Waals surface area contributed by atoms with Gasteiger partial charge in [-0.15, -0.1) is 0 Å². The summed E-state index contributed by atoms with van der Waals surface area (Å²) in [5.41, 5.74) is 1.41. The largest absolute Gasteiger partial charge is 0.370 e. The maximum absolute atomic E-state index is 11.6. The normalized spacial score (nSPS) is 16.4. The van der Waals surface area contributed by atoms with Gasteiger partial charge in [-0.05, 0) is 14.0 Å². The van der Waals surface area contributed by atoms with Crippen molar-refractivity contribution in [3.63, 3.8) is 0 Å². The molecule has 1 aliphatic rings. The molecule has 5 heteroatoms. The molecule has 0 saturated heterocycles. The molecule has 0 aliphatic carbocycles. The van der Waals surface area contributed by atoms with Gasteiger partial charge in [0.2, 0.25) is 0 Å². The summed E-state index contributed by atoms with van der Waals surface area (Å²) >= 11 is 0. The van der Waals surface area contributed by atoms with Crippen molar-refractivity contribution in [2.24, 2.45) is 0 Å². The summed E-state index contributed by atoms with van der Waals surface area (Å²) in [5, 5.41) is 3.11. The first-order chi connectivity index (χ1) is 7.20. The summed E-state index contributed by atoms with van der Waals surface area (Å²) in [5.74, 6) is 0.728. The molecule has 82 valence electrons. The topological polar surface area (TPSA) is 67.0 Å². The van der Waals surface area contributed by atoms with Gasteiger partial charge in [-0.25, -0.2) is 4.98 Å². The first-order valence-corrected chi connectivity index (χ1v) is 5.06. The van der Waals surface area contributed by atoms with E-state index in [9.17, 15) is 4.79 Å². The van der Waals surface area contributed by atoms with E-state index in [0.717, 1.165) is 17.9 Å². The fourth-order valence-corrected chi connectivity index (χ4v) is 1.60. The lowest BCUT2D eigenvalue weighted by atomic mass is 10.2. The molecular formula is C10H15N3O2. The number of aromatic amines is 1. The van der Waals surface area contributed by atoms with E-state index in [4.69, 9.17) is 4.74 Å². The van der Waals surface area contributed by atoms with Crippen molar-refractivity contribution in [3.8, 4) is 0 Å². The number of ether oxygens (including phenoxy) is 1. The van der Waals surface area contributed by atoms with Crippen LogP contribution in [-0.4, -0.2) is 23.1 Å². The number of hydrogen-bond donors (Lipinski definition) is 2. The van der Waals surface area contributed by atoms with Crippen LogP contribution in [0.4, 0.5) is 0 Å². The number of fused-ring (bicyclic) bond motifs is 1. The Balaban J connectivity index is 2.28. The van der Waals surface area contributed by atoms with Gasteiger partial charge in [0.15, 0.2) is 0 Å². The van der Waals surface area contributed by atoms with Crippen LogP contribution in [0.3, 0.4) is 0 Å². The van der Waals surface area contributed by atoms with Crippen molar-refractivity contribution in [2.45, 2.75) is 32.6 Å². The van der Waals surface area contributed by atoms with E-state index in [2.05, 4.69) is 15.3 Å². The Morgan fingerprint density at radius 2 is 2.40 bits per heavy atom. The number of H-pyrrole nitrogens is 1. The second-order valence-electron chi connectivity index (χ2n) is 3.82. The quantitative estimate of drug-likeness (QED) is 0.732. The lowest BCUT2D eigenvalue weighted by molar-refractivity contribution is 0.133. The van der Waals surface area contributed by atoms with Crippen molar-refractivity contribution in [2.75, 3.05) is 7.05 Å². The van der Waals surface area contributed by atoms with Crippen LogP contribution in [0.15, 0.2) is 4.79 Å². The second-order valence-corrected chi connectivity index (χ2v) is 3.82. The molecule has 2 heterocycles. The number of rotatable bonds is 3. The van der Waals surface area contributed by atoms with Crippen LogP contribution in [0.5, 0.6) is 0 Å². The predicted molar refractivity (Wildman–Crippen MR) is 55.6 cm³/mol. The van der Waals surface area contributed by atoms with Crippen molar-refractivity contribution < 1.29 is 4.74 Å². The average molecular weight is 209 g/mol. The summed E-state index contributed by atoms with van der Waals surface area (Å²) in [4.78, 5) is 18.8. The third-order valence-electron chi connectivity index (χ3n) is 2.63. The zero-order valence-electron chi connectivity index (χ0n) is 8.96. The highest BCUT2D eigenvalue weighted by Gasteiger charge is 2.17. The summed E-state index contributed by atoms with van der Waals surface area (Å²) in [6.07, 6.45) is 0.721. The molecule has 1 aromatic heterocycles. The van der Waals surface area contributed by atoms with Gasteiger partial charge in [0.05, 0.1) is 24.5 Å². The van der Waals surface area contributed by atoms with Crippen LogP contribution >= 0.6 is 0 Å². The van der Waals surface area contributed by atoms with Gasteiger partial charge in [-0.2, -0.15) is 0 Å². The maximum Gasteiger partial charge on any atom is 0.256 e. The number of likely N-dealkylation sites (N-methyl/N-ethyl adjacent to an activating group) is 1. The van der Waals surface area contributed by atoms with E-state index in [-0.39, 0.29) is 5.56 Å². The fraction of sp³-hybridized carbons (Fsp3) is 0.600. The van der Waals surface area contributed by atoms with Gasteiger partial charge in [0.25, 0.3) is 5.56 Å². The average Bonchev–Trinajstić information content (AvgIpc) is 2.66. The van der Waals surface area contributed by atoms with Crippen LogP contribution in [0, 0.1) is 0 Å². The molecule has 0 bridgehead atoms. The molecule has 0 aromatic carbocycles. The third kappa shape index (κ3) is 2.08. The summed E-state index contributed by atoms with van der Waals surface area (Å²) in [6.45, 7) is 2.89. The minimum absolute atomic E-state index is 0.0594. The molecule has 2 rings (SSSR count). The van der Waals surface area contributed by atoms with Crippen LogP contribution in [0.2, 0.25) is 0 Å². The summed E-state index contributed by atoms with van der Waals surface area (Å²) < 4.78 is 5.18. The van der Waals surface area contributed by atoms with Gasteiger partial charge in [0.1, 0.15) is 5.82 Å². The standard InChI is InChI=1S/C10H15N3O2/c1-6(11-2)3-9-12-8-5-15-4-7(8)10(14)13-9/h6,11H,3-5H2,1-2H3,(H,12,13,14). The molecular weight excluding hydrogens is 194 g/mol. The van der Waals surface area contributed by atoms with Gasteiger partial charge in [-0.3, -0.25) is 4.79 Å². The monoisotopic (exact) mass is 209 g/mol. The Bertz CT molecular complexity index is 414. The minimum Gasteiger partial charge on any atom is -0.370 e. The predicted octanol–water partition coefficient (Wildman–Crippen LogP) is -0.0495. The summed E-state index contributed by atoms with van der Waals surface area (Å²) in [7, 11) is 1.89. The molecule has 5 nitrogen and oxygen atoms in total. The van der Waals surface area contributed by atoms with Gasteiger partial charge in [-0.1, -0.05) is 0 Å². The molecule has 1 aromatic rings. The number of nitrogens with one attached hydrogen (secondary N) is 2. The Morgan fingerprint density at radius 3 is 3.13 bits per heavy atom. The molecule has 0 saturated carbocycles. The maximum atomic E-state index is 11.6. The number of hydrogen-bond acceptors (Lipinski definition) is 4. The number of aromatic nitrogens is 2. The van der Waals surface area contributed by atoms with E-state index < -0.39 is 0 Å². The third-order valence-corrected chi connectivity index (χ3v) is 2.63. The SMILES string of the molecule is CNC(C)Cc1nc2c(c(=O)[nH]1)COC2. The zero-order valence-corrected chi connectivity index (χ0v) is 8.96. The zero-order chi connectivity index (χ0) is 10.8. The van der Waals surface area contributed by atoms with Crippen LogP contribution in [0.1, 0.15) is 24.0 Å². The Labute approximate surface area is 87.9 Å². The van der Waals surface area contributed by atoms with Gasteiger partial charge < -0.3 is 15.0 Å². The molecule has 2 N–H and O–H groups in total. The fourth-order valence-electron chi connectivity index (χ4n) is 1.60. The van der Waals surface area contributed by atoms with Crippen LogP contribution in [-0.2, 0) is 24.4 Å². The van der Waals surface area contributed by atoms with Crippen molar-refractivity contribution in [1.29, 1.82) is 0 Å². The first kappa shape index (κ1) is 10.3. The van der Waals surface area contributed by atoms with E-state index in [1.807, 2.05) is 14.0 Å². The Morgan fingerprint density at radius 1 is 1.60 bits per heavy atom. The molecule has 1 atom stereocenters. The molecule has 0 amide bonds. The second kappa shape index (κ2) is 4.12. The summed E-state index contributed by atoms with van der Waals surface area (Å²) in [6, 6.07) is 0.300. The Hall–Kier alpha value is -1.20. The number of nitrogens with zero attached hydrogens (tertiary/aromatic N) is 1. The molecule has 0 fully saturated rings. The first-order valence-electron chi connectivity index (χ1n) is 5.06. The highest BCUT2D eigenvalue weighted by molar-refractivity contribution is 5.19. The van der Waals surface area contributed by atoms with Crippen molar-refractivity contribution in [3.05, 3.63) is 27.4 Å². The highest BCUT2D eigenvalue weighted by Crippen LogP contribution is 2.13. The molecule has 1 unspecified atom stereocenters. The molecule has 0 radical (unpaired) electrons. The highest BCUT2D eigenvalue weighted by atomic mass is 16.5.